The van der Waals surface area contributed by atoms with Crippen LogP contribution in [0.1, 0.15) is 29.3 Å². The predicted octanol–water partition coefficient (Wildman–Crippen LogP) is 2.14. The fourth-order valence-electron chi connectivity index (χ4n) is 2.25. The highest BCUT2D eigenvalue weighted by molar-refractivity contribution is 5.95. The van der Waals surface area contributed by atoms with Gasteiger partial charge in [0.25, 0.3) is 5.91 Å². The molecular formula is C15H18N2O. The van der Waals surface area contributed by atoms with Crippen molar-refractivity contribution in [1.29, 1.82) is 0 Å². The van der Waals surface area contributed by atoms with Crippen molar-refractivity contribution in [2.75, 3.05) is 25.0 Å². The number of hydrogen-bond acceptors (Lipinski definition) is 2. The number of carbonyl (C=O) groups excluding carboxylic acids is 1. The van der Waals surface area contributed by atoms with Crippen LogP contribution in [-0.2, 0) is 6.42 Å². The highest BCUT2D eigenvalue weighted by atomic mass is 16.2. The Bertz CT molecular complexity index is 488. The Balaban J connectivity index is 2.19. The minimum atomic E-state index is 0.0319. The van der Waals surface area contributed by atoms with Crippen LogP contribution in [0.15, 0.2) is 18.2 Å². The van der Waals surface area contributed by atoms with Gasteiger partial charge in [-0.1, -0.05) is 12.8 Å². The molecule has 1 aromatic rings. The van der Waals surface area contributed by atoms with E-state index in [1.54, 1.807) is 4.90 Å². The number of fused-ring (bicyclic) bond motifs is 1. The third kappa shape index (κ3) is 2.48. The van der Waals surface area contributed by atoms with Crippen LogP contribution in [0.3, 0.4) is 0 Å². The summed E-state index contributed by atoms with van der Waals surface area (Å²) in [5.41, 5.74) is 3.10. The Morgan fingerprint density at radius 3 is 3.11 bits per heavy atom. The number of nitrogens with one attached hydrogen (secondary N) is 1. The number of benzene rings is 1. The second-order valence-electron chi connectivity index (χ2n) is 4.48. The lowest BCUT2D eigenvalue weighted by molar-refractivity contribution is 0.0777. The van der Waals surface area contributed by atoms with Crippen LogP contribution in [0.5, 0.6) is 0 Å². The minimum absolute atomic E-state index is 0.0319. The number of amides is 1. The van der Waals surface area contributed by atoms with E-state index in [4.69, 9.17) is 6.42 Å². The summed E-state index contributed by atoms with van der Waals surface area (Å²) in [5.74, 6) is 2.58. The van der Waals surface area contributed by atoms with Crippen molar-refractivity contribution < 1.29 is 4.79 Å². The summed E-state index contributed by atoms with van der Waals surface area (Å²) in [4.78, 5) is 14.1. The molecule has 0 radical (unpaired) electrons. The largest absolute Gasteiger partial charge is 0.384 e. The number of anilines is 1. The Labute approximate surface area is 108 Å². The average molecular weight is 242 g/mol. The highest BCUT2D eigenvalue weighted by Gasteiger charge is 2.17. The first-order chi connectivity index (χ1) is 8.76. The van der Waals surface area contributed by atoms with Gasteiger partial charge < -0.3 is 10.2 Å². The third-order valence-electron chi connectivity index (χ3n) is 3.12. The SMILES string of the molecule is C#CCN(CCC)C(=O)c1ccc2c(c1)CCN2. The van der Waals surface area contributed by atoms with Crippen LogP contribution in [0.4, 0.5) is 5.69 Å². The van der Waals surface area contributed by atoms with Gasteiger partial charge in [-0.15, -0.1) is 6.42 Å². The lowest BCUT2D eigenvalue weighted by Gasteiger charge is -2.19. The number of hydrogen-bond donors (Lipinski definition) is 1. The molecule has 1 aliphatic heterocycles. The summed E-state index contributed by atoms with van der Waals surface area (Å²) in [6.07, 6.45) is 7.21. The van der Waals surface area contributed by atoms with Gasteiger partial charge in [0.1, 0.15) is 0 Å². The van der Waals surface area contributed by atoms with Gasteiger partial charge in [-0.3, -0.25) is 4.79 Å². The molecule has 1 aromatic carbocycles. The molecule has 0 unspecified atom stereocenters. The van der Waals surface area contributed by atoms with Crippen molar-refractivity contribution in [3.63, 3.8) is 0 Å². The van der Waals surface area contributed by atoms with E-state index in [1.807, 2.05) is 25.1 Å². The summed E-state index contributed by atoms with van der Waals surface area (Å²) in [7, 11) is 0. The van der Waals surface area contributed by atoms with Gasteiger partial charge in [0, 0.05) is 24.3 Å². The van der Waals surface area contributed by atoms with E-state index in [0.29, 0.717) is 13.1 Å². The summed E-state index contributed by atoms with van der Waals surface area (Å²) in [5, 5.41) is 3.29. The normalized spacial score (nSPS) is 12.4. The number of carbonyl (C=O) groups is 1. The maximum atomic E-state index is 12.3. The van der Waals surface area contributed by atoms with E-state index >= 15 is 0 Å². The van der Waals surface area contributed by atoms with Crippen LogP contribution < -0.4 is 5.32 Å². The second kappa shape index (κ2) is 5.59. The van der Waals surface area contributed by atoms with Gasteiger partial charge in [0.05, 0.1) is 6.54 Å². The molecule has 1 aliphatic rings. The zero-order valence-electron chi connectivity index (χ0n) is 10.7. The molecule has 1 amide bonds. The van der Waals surface area contributed by atoms with Crippen LogP contribution in [-0.4, -0.2) is 30.4 Å². The number of nitrogens with zero attached hydrogens (tertiary/aromatic N) is 1. The van der Waals surface area contributed by atoms with Gasteiger partial charge in [-0.05, 0) is 36.6 Å². The fraction of sp³-hybridized carbons (Fsp3) is 0.400. The van der Waals surface area contributed by atoms with Crippen LogP contribution >= 0.6 is 0 Å². The second-order valence-corrected chi connectivity index (χ2v) is 4.48. The average Bonchev–Trinajstić information content (AvgIpc) is 2.84. The Morgan fingerprint density at radius 2 is 2.39 bits per heavy atom. The molecule has 0 atom stereocenters. The van der Waals surface area contributed by atoms with Gasteiger partial charge in [-0.25, -0.2) is 0 Å². The van der Waals surface area contributed by atoms with Crippen molar-refractivity contribution in [3.05, 3.63) is 29.3 Å². The molecule has 2 rings (SSSR count). The van der Waals surface area contributed by atoms with E-state index in [1.165, 1.54) is 5.56 Å². The van der Waals surface area contributed by atoms with Crippen molar-refractivity contribution >= 4 is 11.6 Å². The smallest absolute Gasteiger partial charge is 0.254 e. The first-order valence-corrected chi connectivity index (χ1v) is 6.35. The van der Waals surface area contributed by atoms with E-state index in [-0.39, 0.29) is 5.91 Å². The summed E-state index contributed by atoms with van der Waals surface area (Å²) in [6.45, 7) is 4.08. The monoisotopic (exact) mass is 242 g/mol. The fourth-order valence-corrected chi connectivity index (χ4v) is 2.25. The van der Waals surface area contributed by atoms with Gasteiger partial charge >= 0.3 is 0 Å². The zero-order chi connectivity index (χ0) is 13.0. The number of rotatable bonds is 4. The molecule has 3 heteroatoms. The van der Waals surface area contributed by atoms with Gasteiger partial charge in [-0.2, -0.15) is 0 Å². The molecule has 0 spiro atoms. The van der Waals surface area contributed by atoms with Crippen molar-refractivity contribution in [2.24, 2.45) is 0 Å². The van der Waals surface area contributed by atoms with E-state index in [2.05, 4.69) is 11.2 Å². The predicted molar refractivity (Wildman–Crippen MR) is 73.7 cm³/mol. The highest BCUT2D eigenvalue weighted by Crippen LogP contribution is 2.23. The quantitative estimate of drug-likeness (QED) is 0.820. The molecule has 18 heavy (non-hydrogen) atoms. The molecule has 1 N–H and O–H groups in total. The van der Waals surface area contributed by atoms with Crippen molar-refractivity contribution in [1.82, 2.24) is 4.90 Å². The molecule has 0 fully saturated rings. The van der Waals surface area contributed by atoms with Gasteiger partial charge in [0.15, 0.2) is 0 Å². The molecule has 0 aliphatic carbocycles. The first kappa shape index (κ1) is 12.5. The molecule has 0 aromatic heterocycles. The standard InChI is InChI=1S/C15H18N2O/c1-3-9-17(10-4-2)15(18)13-5-6-14-12(11-13)7-8-16-14/h1,5-6,11,16H,4,7-10H2,2H3. The summed E-state index contributed by atoms with van der Waals surface area (Å²) in [6, 6.07) is 5.84. The molecule has 0 bridgehead atoms. The van der Waals surface area contributed by atoms with E-state index in [9.17, 15) is 4.79 Å². The Morgan fingerprint density at radius 1 is 1.56 bits per heavy atom. The summed E-state index contributed by atoms with van der Waals surface area (Å²) < 4.78 is 0. The maximum absolute atomic E-state index is 12.3. The molecule has 0 saturated carbocycles. The molecule has 94 valence electrons. The maximum Gasteiger partial charge on any atom is 0.254 e. The van der Waals surface area contributed by atoms with Crippen molar-refractivity contribution in [3.8, 4) is 12.3 Å². The van der Waals surface area contributed by atoms with E-state index in [0.717, 1.165) is 30.6 Å². The van der Waals surface area contributed by atoms with Crippen LogP contribution in [0.25, 0.3) is 0 Å². The van der Waals surface area contributed by atoms with Gasteiger partial charge in [0.2, 0.25) is 0 Å². The zero-order valence-corrected chi connectivity index (χ0v) is 10.7. The lowest BCUT2D eigenvalue weighted by Crippen LogP contribution is -2.32. The van der Waals surface area contributed by atoms with E-state index < -0.39 is 0 Å². The topological polar surface area (TPSA) is 32.3 Å². The summed E-state index contributed by atoms with van der Waals surface area (Å²) >= 11 is 0. The lowest BCUT2D eigenvalue weighted by atomic mass is 10.1. The molecule has 1 heterocycles. The Kier molecular flexibility index (Phi) is 3.88. The third-order valence-corrected chi connectivity index (χ3v) is 3.12. The first-order valence-electron chi connectivity index (χ1n) is 6.35. The minimum Gasteiger partial charge on any atom is -0.384 e. The van der Waals surface area contributed by atoms with Crippen LogP contribution in [0, 0.1) is 12.3 Å². The molecule has 0 saturated heterocycles. The Hall–Kier alpha value is -1.95. The molecule has 3 nitrogen and oxygen atoms in total. The number of terminal acetylenes is 1. The molecular weight excluding hydrogens is 224 g/mol. The van der Waals surface area contributed by atoms with Crippen molar-refractivity contribution in [2.45, 2.75) is 19.8 Å². The van der Waals surface area contributed by atoms with Crippen LogP contribution in [0.2, 0.25) is 0 Å².